The number of hydrogen-bond donors (Lipinski definition) is 1. The Kier molecular flexibility index (Phi) is 7.39. The molecular weight excluding hydrogens is 390 g/mol. The smallest absolute Gasteiger partial charge is 0.277 e. The normalized spacial score (nSPS) is 10.5. The lowest BCUT2D eigenvalue weighted by Gasteiger charge is -2.10. The van der Waals surface area contributed by atoms with Crippen molar-refractivity contribution in [3.63, 3.8) is 0 Å². The van der Waals surface area contributed by atoms with E-state index in [1.807, 2.05) is 74.5 Å². The van der Waals surface area contributed by atoms with Crippen molar-refractivity contribution in [2.75, 3.05) is 6.61 Å². The summed E-state index contributed by atoms with van der Waals surface area (Å²) in [5.74, 6) is 1.06. The summed E-state index contributed by atoms with van der Waals surface area (Å²) in [6.07, 6.45) is 1.55. The minimum Gasteiger partial charge on any atom is -0.489 e. The molecule has 6 heteroatoms. The highest BCUT2D eigenvalue weighted by atomic mass is 16.5. The van der Waals surface area contributed by atoms with Gasteiger partial charge in [0, 0.05) is 5.56 Å². The van der Waals surface area contributed by atoms with Crippen molar-refractivity contribution in [3.05, 3.63) is 94.5 Å². The standard InChI is InChI=1S/C25H23N3O3/c1-18-6-5-7-19(2)25(18)31-17-24(29)28-27-15-20-10-12-23(13-11-20)30-16-22-9-4-3-8-21(22)14-26/h3-13,15H,16-17H2,1-2H3,(H,28,29). The average Bonchev–Trinajstić information content (AvgIpc) is 2.78. The number of carbonyl (C=O) groups excluding carboxylic acids is 1. The van der Waals surface area contributed by atoms with Gasteiger partial charge in [-0.15, -0.1) is 0 Å². The largest absolute Gasteiger partial charge is 0.489 e. The van der Waals surface area contributed by atoms with Crippen LogP contribution in [0.4, 0.5) is 0 Å². The first-order chi connectivity index (χ1) is 15.1. The fourth-order valence-electron chi connectivity index (χ4n) is 2.94. The molecule has 0 atom stereocenters. The van der Waals surface area contributed by atoms with E-state index in [0.29, 0.717) is 17.9 Å². The highest BCUT2D eigenvalue weighted by molar-refractivity contribution is 5.83. The Morgan fingerprint density at radius 3 is 2.42 bits per heavy atom. The highest BCUT2D eigenvalue weighted by Gasteiger charge is 2.06. The van der Waals surface area contributed by atoms with Gasteiger partial charge in [-0.3, -0.25) is 4.79 Å². The zero-order valence-electron chi connectivity index (χ0n) is 17.5. The van der Waals surface area contributed by atoms with Crippen molar-refractivity contribution in [1.29, 1.82) is 5.26 Å². The lowest BCUT2D eigenvalue weighted by Crippen LogP contribution is -2.25. The van der Waals surface area contributed by atoms with Crippen LogP contribution in [0.5, 0.6) is 11.5 Å². The van der Waals surface area contributed by atoms with E-state index in [2.05, 4.69) is 16.6 Å². The van der Waals surface area contributed by atoms with Crippen molar-refractivity contribution < 1.29 is 14.3 Å². The summed E-state index contributed by atoms with van der Waals surface area (Å²) in [4.78, 5) is 12.0. The predicted molar refractivity (Wildman–Crippen MR) is 119 cm³/mol. The van der Waals surface area contributed by atoms with Gasteiger partial charge in [0.05, 0.1) is 17.8 Å². The molecule has 0 fully saturated rings. The number of para-hydroxylation sites is 1. The second-order valence-corrected chi connectivity index (χ2v) is 6.93. The number of aryl methyl sites for hydroxylation is 2. The Balaban J connectivity index is 1.47. The van der Waals surface area contributed by atoms with Crippen LogP contribution in [-0.2, 0) is 11.4 Å². The first-order valence-electron chi connectivity index (χ1n) is 9.78. The maximum absolute atomic E-state index is 12.0. The molecule has 0 aromatic heterocycles. The van der Waals surface area contributed by atoms with Gasteiger partial charge in [0.2, 0.25) is 0 Å². The molecule has 156 valence electrons. The van der Waals surface area contributed by atoms with Gasteiger partial charge in [-0.2, -0.15) is 10.4 Å². The van der Waals surface area contributed by atoms with Crippen LogP contribution in [0.2, 0.25) is 0 Å². The van der Waals surface area contributed by atoms with Crippen LogP contribution < -0.4 is 14.9 Å². The summed E-state index contributed by atoms with van der Waals surface area (Å²) in [6, 6.07) is 22.6. The summed E-state index contributed by atoms with van der Waals surface area (Å²) in [7, 11) is 0. The van der Waals surface area contributed by atoms with Crippen LogP contribution in [0, 0.1) is 25.2 Å². The van der Waals surface area contributed by atoms with E-state index in [9.17, 15) is 4.79 Å². The van der Waals surface area contributed by atoms with Gasteiger partial charge in [0.25, 0.3) is 5.91 Å². The summed E-state index contributed by atoms with van der Waals surface area (Å²) in [5, 5.41) is 13.1. The molecule has 1 amide bonds. The third-order valence-electron chi connectivity index (χ3n) is 4.57. The molecule has 31 heavy (non-hydrogen) atoms. The van der Waals surface area contributed by atoms with E-state index >= 15 is 0 Å². The number of carbonyl (C=O) groups is 1. The van der Waals surface area contributed by atoms with Crippen molar-refractivity contribution in [2.45, 2.75) is 20.5 Å². The number of ether oxygens (including phenoxy) is 2. The van der Waals surface area contributed by atoms with Crippen LogP contribution in [0.3, 0.4) is 0 Å². The second-order valence-electron chi connectivity index (χ2n) is 6.93. The van der Waals surface area contributed by atoms with E-state index < -0.39 is 0 Å². The summed E-state index contributed by atoms with van der Waals surface area (Å²) in [5.41, 5.74) is 6.66. The molecule has 0 aliphatic heterocycles. The van der Waals surface area contributed by atoms with Crippen LogP contribution >= 0.6 is 0 Å². The zero-order chi connectivity index (χ0) is 22.1. The van der Waals surface area contributed by atoms with E-state index in [1.54, 1.807) is 12.3 Å². The number of rotatable bonds is 8. The van der Waals surface area contributed by atoms with Gasteiger partial charge in [-0.25, -0.2) is 5.43 Å². The number of nitrogens with zero attached hydrogens (tertiary/aromatic N) is 2. The number of benzene rings is 3. The number of hydrogen-bond acceptors (Lipinski definition) is 5. The van der Waals surface area contributed by atoms with E-state index in [0.717, 1.165) is 28.0 Å². The molecule has 6 nitrogen and oxygen atoms in total. The Hall–Kier alpha value is -4.11. The van der Waals surface area contributed by atoms with Gasteiger partial charge < -0.3 is 9.47 Å². The molecular formula is C25H23N3O3. The molecule has 0 bridgehead atoms. The Morgan fingerprint density at radius 2 is 1.71 bits per heavy atom. The molecule has 0 radical (unpaired) electrons. The van der Waals surface area contributed by atoms with E-state index in [1.165, 1.54) is 0 Å². The molecule has 0 saturated heterocycles. The molecule has 3 rings (SSSR count). The maximum Gasteiger partial charge on any atom is 0.277 e. The van der Waals surface area contributed by atoms with E-state index in [4.69, 9.17) is 14.7 Å². The third kappa shape index (κ3) is 6.18. The molecule has 0 aliphatic carbocycles. The molecule has 1 N–H and O–H groups in total. The minimum absolute atomic E-state index is 0.111. The Bertz CT molecular complexity index is 1100. The fourth-order valence-corrected chi connectivity index (χ4v) is 2.94. The van der Waals surface area contributed by atoms with Crippen LogP contribution in [0.1, 0.15) is 27.8 Å². The predicted octanol–water partition coefficient (Wildman–Crippen LogP) is 4.28. The van der Waals surface area contributed by atoms with Gasteiger partial charge in [-0.1, -0.05) is 36.4 Å². The Morgan fingerprint density at radius 1 is 1.00 bits per heavy atom. The number of hydrazone groups is 1. The molecule has 0 spiro atoms. The maximum atomic E-state index is 12.0. The first-order valence-corrected chi connectivity index (χ1v) is 9.78. The minimum atomic E-state index is -0.338. The second kappa shape index (κ2) is 10.6. The average molecular weight is 413 g/mol. The number of amides is 1. The van der Waals surface area contributed by atoms with Crippen molar-refractivity contribution in [1.82, 2.24) is 5.43 Å². The van der Waals surface area contributed by atoms with Gasteiger partial charge in [0.15, 0.2) is 6.61 Å². The lowest BCUT2D eigenvalue weighted by atomic mass is 10.1. The third-order valence-corrected chi connectivity index (χ3v) is 4.57. The van der Waals surface area contributed by atoms with Crippen molar-refractivity contribution in [2.24, 2.45) is 5.10 Å². The SMILES string of the molecule is Cc1cccc(C)c1OCC(=O)NN=Cc1ccc(OCc2ccccc2C#N)cc1. The summed E-state index contributed by atoms with van der Waals surface area (Å²) >= 11 is 0. The van der Waals surface area contributed by atoms with Crippen molar-refractivity contribution >= 4 is 12.1 Å². The summed E-state index contributed by atoms with van der Waals surface area (Å²) < 4.78 is 11.3. The molecule has 0 unspecified atom stereocenters. The number of nitrogens with one attached hydrogen (secondary N) is 1. The van der Waals surface area contributed by atoms with E-state index in [-0.39, 0.29) is 12.5 Å². The topological polar surface area (TPSA) is 83.7 Å². The lowest BCUT2D eigenvalue weighted by molar-refractivity contribution is -0.123. The van der Waals surface area contributed by atoms with Crippen LogP contribution in [0.25, 0.3) is 0 Å². The monoisotopic (exact) mass is 413 g/mol. The number of nitriles is 1. The molecule has 0 aliphatic rings. The fraction of sp³-hybridized carbons (Fsp3) is 0.160. The van der Waals surface area contributed by atoms with Crippen molar-refractivity contribution in [3.8, 4) is 17.6 Å². The van der Waals surface area contributed by atoms with Crippen LogP contribution in [-0.4, -0.2) is 18.7 Å². The highest BCUT2D eigenvalue weighted by Crippen LogP contribution is 2.22. The molecule has 3 aromatic carbocycles. The molecule has 3 aromatic rings. The molecule has 0 saturated carbocycles. The van der Waals surface area contributed by atoms with Gasteiger partial charge in [0.1, 0.15) is 18.1 Å². The zero-order valence-corrected chi connectivity index (χ0v) is 17.5. The first kappa shape index (κ1) is 21.6. The van der Waals surface area contributed by atoms with Crippen LogP contribution in [0.15, 0.2) is 71.8 Å². The Labute approximate surface area is 181 Å². The van der Waals surface area contributed by atoms with Gasteiger partial charge >= 0.3 is 0 Å². The molecule has 0 heterocycles. The summed E-state index contributed by atoms with van der Waals surface area (Å²) in [6.45, 7) is 4.08. The quantitative estimate of drug-likeness (QED) is 0.441. The van der Waals surface area contributed by atoms with Gasteiger partial charge in [-0.05, 0) is 60.9 Å².